The molecule has 0 unspecified atom stereocenters. The molecule has 0 aliphatic heterocycles. The maximum absolute atomic E-state index is 11.8. The molecule has 0 spiro atoms. The molecule has 0 aromatic carbocycles. The first-order valence-electron chi connectivity index (χ1n) is 5.48. The normalized spacial score (nSPS) is 24.9. The number of halogens is 4. The predicted octanol–water partition coefficient (Wildman–Crippen LogP) is 2.14. The summed E-state index contributed by atoms with van der Waals surface area (Å²) in [5.41, 5.74) is 5.68. The average Bonchev–Trinajstić information content (AvgIpc) is 2.18. The quantitative estimate of drug-likeness (QED) is 0.828. The number of carbonyl (C=O) groups is 1. The third kappa shape index (κ3) is 7.44. The molecule has 0 atom stereocenters. The van der Waals surface area contributed by atoms with Gasteiger partial charge in [0.05, 0.1) is 6.42 Å². The Balaban J connectivity index is 0.00000256. The van der Waals surface area contributed by atoms with Crippen LogP contribution in [0.1, 0.15) is 38.5 Å². The summed E-state index contributed by atoms with van der Waals surface area (Å²) in [5, 5.41) is 2.62. The van der Waals surface area contributed by atoms with Crippen LogP contribution in [0.4, 0.5) is 13.2 Å². The maximum Gasteiger partial charge on any atom is 0.389 e. The highest BCUT2D eigenvalue weighted by Gasteiger charge is 2.28. The molecule has 0 heterocycles. The molecule has 1 saturated carbocycles. The van der Waals surface area contributed by atoms with Crippen molar-refractivity contribution >= 4 is 18.3 Å². The second kappa shape index (κ2) is 7.06. The van der Waals surface area contributed by atoms with Gasteiger partial charge in [0.15, 0.2) is 0 Å². The van der Waals surface area contributed by atoms with E-state index in [-0.39, 0.29) is 24.5 Å². The summed E-state index contributed by atoms with van der Waals surface area (Å²) in [6.45, 7) is 0. The first kappa shape index (κ1) is 16.5. The molecule has 3 N–H and O–H groups in total. The number of hydrogen-bond donors (Lipinski definition) is 2. The van der Waals surface area contributed by atoms with Crippen LogP contribution in [0.15, 0.2) is 0 Å². The lowest BCUT2D eigenvalue weighted by Gasteiger charge is -2.26. The van der Waals surface area contributed by atoms with E-state index in [4.69, 9.17) is 5.73 Å². The van der Waals surface area contributed by atoms with E-state index in [2.05, 4.69) is 5.32 Å². The van der Waals surface area contributed by atoms with Gasteiger partial charge in [0.1, 0.15) is 0 Å². The molecule has 3 nitrogen and oxygen atoms in total. The summed E-state index contributed by atoms with van der Waals surface area (Å²) >= 11 is 0. The van der Waals surface area contributed by atoms with Crippen molar-refractivity contribution in [3.05, 3.63) is 0 Å². The van der Waals surface area contributed by atoms with E-state index in [0.29, 0.717) is 0 Å². The van der Waals surface area contributed by atoms with Crippen LogP contribution in [0.3, 0.4) is 0 Å². The second-order valence-corrected chi connectivity index (χ2v) is 4.29. The largest absolute Gasteiger partial charge is 0.389 e. The first-order chi connectivity index (χ1) is 7.37. The van der Waals surface area contributed by atoms with E-state index in [0.717, 1.165) is 25.7 Å². The Hall–Kier alpha value is -0.490. The standard InChI is InChI=1S/C10H17F3N2O.ClH/c11-10(12,13)6-5-9(16)15-8-3-1-7(14)2-4-8;/h7-8H,1-6,14H2,(H,15,16);1H. The molecule has 1 aliphatic carbocycles. The summed E-state index contributed by atoms with van der Waals surface area (Å²) in [5.74, 6) is -0.516. The van der Waals surface area contributed by atoms with Crippen molar-refractivity contribution in [1.82, 2.24) is 5.32 Å². The number of alkyl halides is 3. The number of nitrogens with two attached hydrogens (primary N) is 1. The van der Waals surface area contributed by atoms with Gasteiger partial charge in [0.2, 0.25) is 5.91 Å². The summed E-state index contributed by atoms with van der Waals surface area (Å²) in [6.07, 6.45) is -2.62. The Morgan fingerprint density at radius 2 is 1.76 bits per heavy atom. The number of rotatable bonds is 3. The van der Waals surface area contributed by atoms with Crippen LogP contribution < -0.4 is 11.1 Å². The number of hydrogen-bond acceptors (Lipinski definition) is 2. The van der Waals surface area contributed by atoms with Crippen molar-refractivity contribution in [3.8, 4) is 0 Å². The van der Waals surface area contributed by atoms with Crippen LogP contribution in [-0.4, -0.2) is 24.2 Å². The van der Waals surface area contributed by atoms with Crippen molar-refractivity contribution < 1.29 is 18.0 Å². The van der Waals surface area contributed by atoms with Crippen molar-refractivity contribution in [2.45, 2.75) is 56.8 Å². The summed E-state index contributed by atoms with van der Waals surface area (Å²) < 4.78 is 35.5. The zero-order chi connectivity index (χ0) is 12.2. The zero-order valence-electron chi connectivity index (χ0n) is 9.43. The van der Waals surface area contributed by atoms with E-state index < -0.39 is 24.9 Å². The van der Waals surface area contributed by atoms with Gasteiger partial charge in [-0.25, -0.2) is 0 Å². The van der Waals surface area contributed by atoms with Gasteiger partial charge < -0.3 is 11.1 Å². The number of amides is 1. The van der Waals surface area contributed by atoms with E-state index in [9.17, 15) is 18.0 Å². The molecule has 102 valence electrons. The molecule has 0 radical (unpaired) electrons. The number of nitrogens with one attached hydrogen (secondary N) is 1. The van der Waals surface area contributed by atoms with Gasteiger partial charge in [-0.1, -0.05) is 0 Å². The molecular formula is C10H18ClF3N2O. The van der Waals surface area contributed by atoms with Gasteiger partial charge in [-0.3, -0.25) is 4.79 Å². The fraction of sp³-hybridized carbons (Fsp3) is 0.900. The highest BCUT2D eigenvalue weighted by molar-refractivity contribution is 5.85. The van der Waals surface area contributed by atoms with E-state index >= 15 is 0 Å². The Morgan fingerprint density at radius 3 is 2.24 bits per heavy atom. The fourth-order valence-electron chi connectivity index (χ4n) is 1.82. The molecule has 1 aliphatic rings. The zero-order valence-corrected chi connectivity index (χ0v) is 10.2. The van der Waals surface area contributed by atoms with Gasteiger partial charge in [0.25, 0.3) is 0 Å². The summed E-state index contributed by atoms with van der Waals surface area (Å²) in [4.78, 5) is 11.2. The lowest BCUT2D eigenvalue weighted by molar-refractivity contribution is -0.144. The minimum atomic E-state index is -4.26. The Kier molecular flexibility index (Phi) is 6.85. The predicted molar refractivity (Wildman–Crippen MR) is 60.9 cm³/mol. The van der Waals surface area contributed by atoms with Crippen molar-refractivity contribution in [1.29, 1.82) is 0 Å². The third-order valence-electron chi connectivity index (χ3n) is 2.77. The van der Waals surface area contributed by atoms with Gasteiger partial charge in [-0.05, 0) is 25.7 Å². The molecule has 1 fully saturated rings. The summed E-state index contributed by atoms with van der Waals surface area (Å²) in [7, 11) is 0. The lowest BCUT2D eigenvalue weighted by atomic mass is 9.92. The van der Waals surface area contributed by atoms with E-state index in [1.165, 1.54) is 0 Å². The average molecular weight is 275 g/mol. The van der Waals surface area contributed by atoms with Gasteiger partial charge >= 0.3 is 6.18 Å². The molecule has 1 rings (SSSR count). The van der Waals surface area contributed by atoms with Crippen LogP contribution in [0.2, 0.25) is 0 Å². The van der Waals surface area contributed by atoms with E-state index in [1.807, 2.05) is 0 Å². The van der Waals surface area contributed by atoms with Crippen LogP contribution in [0.5, 0.6) is 0 Å². The SMILES string of the molecule is Cl.NC1CCC(NC(=O)CCC(F)(F)F)CC1. The Bertz CT molecular complexity index is 240. The smallest absolute Gasteiger partial charge is 0.353 e. The van der Waals surface area contributed by atoms with Gasteiger partial charge in [0, 0.05) is 18.5 Å². The van der Waals surface area contributed by atoms with Gasteiger partial charge in [-0.2, -0.15) is 13.2 Å². The van der Waals surface area contributed by atoms with Crippen molar-refractivity contribution in [2.75, 3.05) is 0 Å². The monoisotopic (exact) mass is 274 g/mol. The van der Waals surface area contributed by atoms with E-state index in [1.54, 1.807) is 0 Å². The van der Waals surface area contributed by atoms with Gasteiger partial charge in [-0.15, -0.1) is 12.4 Å². The summed E-state index contributed by atoms with van der Waals surface area (Å²) in [6, 6.07) is 0.170. The number of carbonyl (C=O) groups excluding carboxylic acids is 1. The van der Waals surface area contributed by atoms with Crippen LogP contribution in [0.25, 0.3) is 0 Å². The Morgan fingerprint density at radius 1 is 1.24 bits per heavy atom. The third-order valence-corrected chi connectivity index (χ3v) is 2.77. The van der Waals surface area contributed by atoms with Crippen LogP contribution >= 0.6 is 12.4 Å². The Labute approximate surface area is 105 Å². The first-order valence-corrected chi connectivity index (χ1v) is 5.48. The highest BCUT2D eigenvalue weighted by Crippen LogP contribution is 2.22. The van der Waals surface area contributed by atoms with Crippen molar-refractivity contribution in [3.63, 3.8) is 0 Å². The minimum absolute atomic E-state index is 0. The maximum atomic E-state index is 11.8. The minimum Gasteiger partial charge on any atom is -0.353 e. The fourth-order valence-corrected chi connectivity index (χ4v) is 1.82. The topological polar surface area (TPSA) is 55.1 Å². The molecule has 7 heteroatoms. The molecule has 1 amide bonds. The molecule has 17 heavy (non-hydrogen) atoms. The second-order valence-electron chi connectivity index (χ2n) is 4.29. The molecule has 0 aromatic rings. The highest BCUT2D eigenvalue weighted by atomic mass is 35.5. The molecule has 0 saturated heterocycles. The molecular weight excluding hydrogens is 257 g/mol. The molecule has 0 aromatic heterocycles. The van der Waals surface area contributed by atoms with Crippen LogP contribution in [-0.2, 0) is 4.79 Å². The lowest BCUT2D eigenvalue weighted by Crippen LogP contribution is -2.40. The van der Waals surface area contributed by atoms with Crippen molar-refractivity contribution in [2.24, 2.45) is 5.73 Å². The van der Waals surface area contributed by atoms with Crippen LogP contribution in [0, 0.1) is 0 Å². The molecule has 0 bridgehead atoms.